The van der Waals surface area contributed by atoms with Gasteiger partial charge in [0.1, 0.15) is 0 Å². The maximum Gasteiger partial charge on any atom is 0.311 e. The van der Waals surface area contributed by atoms with Crippen molar-refractivity contribution in [1.82, 2.24) is 4.90 Å². The molecule has 0 aliphatic rings. The number of carbonyl (C=O) groups is 1. The Morgan fingerprint density at radius 1 is 1.12 bits per heavy atom. The highest BCUT2D eigenvalue weighted by atomic mass is 16.6. The quantitative estimate of drug-likeness (QED) is 0.595. The SMILES string of the molecule is COc1ccc(C(=O)N(C)Cc2ccc(N(C)C)cc2)cc1[N+](=O)[O-]. The molecule has 25 heavy (non-hydrogen) atoms. The lowest BCUT2D eigenvalue weighted by Gasteiger charge is -2.18. The van der Waals surface area contributed by atoms with Gasteiger partial charge in [-0.3, -0.25) is 14.9 Å². The maximum absolute atomic E-state index is 12.6. The minimum atomic E-state index is -0.560. The monoisotopic (exact) mass is 343 g/mol. The molecule has 0 atom stereocenters. The van der Waals surface area contributed by atoms with Crippen molar-refractivity contribution in [3.05, 3.63) is 63.7 Å². The third-order valence-corrected chi connectivity index (χ3v) is 3.84. The number of methoxy groups -OCH3 is 1. The first-order valence-electron chi connectivity index (χ1n) is 7.67. The molecule has 1 amide bonds. The van der Waals surface area contributed by atoms with E-state index in [1.807, 2.05) is 43.3 Å². The molecule has 0 saturated heterocycles. The zero-order chi connectivity index (χ0) is 18.6. The molecular weight excluding hydrogens is 322 g/mol. The van der Waals surface area contributed by atoms with Gasteiger partial charge in [0.15, 0.2) is 5.75 Å². The van der Waals surface area contributed by atoms with Crippen molar-refractivity contribution in [1.29, 1.82) is 0 Å². The molecule has 0 heterocycles. The highest BCUT2D eigenvalue weighted by Gasteiger charge is 2.20. The summed E-state index contributed by atoms with van der Waals surface area (Å²) in [6, 6.07) is 12.1. The average Bonchev–Trinajstić information content (AvgIpc) is 2.60. The summed E-state index contributed by atoms with van der Waals surface area (Å²) in [4.78, 5) is 26.6. The van der Waals surface area contributed by atoms with Crippen LogP contribution in [0.4, 0.5) is 11.4 Å². The molecule has 0 unspecified atom stereocenters. The van der Waals surface area contributed by atoms with Crippen LogP contribution in [-0.4, -0.2) is 44.0 Å². The van der Waals surface area contributed by atoms with Crippen molar-refractivity contribution in [3.8, 4) is 5.75 Å². The molecule has 0 aliphatic carbocycles. The Balaban J connectivity index is 2.16. The molecule has 0 bridgehead atoms. The van der Waals surface area contributed by atoms with Crippen molar-refractivity contribution in [3.63, 3.8) is 0 Å². The van der Waals surface area contributed by atoms with E-state index in [-0.39, 0.29) is 22.9 Å². The summed E-state index contributed by atoms with van der Waals surface area (Å²) in [7, 11) is 6.94. The summed E-state index contributed by atoms with van der Waals surface area (Å²) in [5.74, 6) is -0.161. The van der Waals surface area contributed by atoms with Crippen LogP contribution < -0.4 is 9.64 Å². The van der Waals surface area contributed by atoms with Crippen LogP contribution in [0.2, 0.25) is 0 Å². The van der Waals surface area contributed by atoms with Gasteiger partial charge in [-0.25, -0.2) is 0 Å². The number of nitro groups is 1. The van der Waals surface area contributed by atoms with E-state index in [0.29, 0.717) is 6.54 Å². The van der Waals surface area contributed by atoms with Gasteiger partial charge in [0.25, 0.3) is 5.91 Å². The van der Waals surface area contributed by atoms with Crippen LogP contribution in [0.5, 0.6) is 5.75 Å². The minimum Gasteiger partial charge on any atom is -0.490 e. The molecule has 0 fully saturated rings. The summed E-state index contributed by atoms with van der Waals surface area (Å²) in [5, 5.41) is 11.1. The standard InChI is InChI=1S/C18H21N3O4/c1-19(2)15-8-5-13(6-9-15)12-20(3)18(22)14-7-10-17(25-4)16(11-14)21(23)24/h5-11H,12H2,1-4H3. The van der Waals surface area contributed by atoms with Crippen molar-refractivity contribution in [2.45, 2.75) is 6.54 Å². The fourth-order valence-electron chi connectivity index (χ4n) is 2.43. The average molecular weight is 343 g/mol. The number of rotatable bonds is 6. The van der Waals surface area contributed by atoms with Gasteiger partial charge >= 0.3 is 5.69 Å². The fourth-order valence-corrected chi connectivity index (χ4v) is 2.43. The highest BCUT2D eigenvalue weighted by molar-refractivity contribution is 5.95. The first-order chi connectivity index (χ1) is 11.8. The minimum absolute atomic E-state index is 0.128. The van der Waals surface area contributed by atoms with Gasteiger partial charge < -0.3 is 14.5 Å². The van der Waals surface area contributed by atoms with Crippen LogP contribution in [0.15, 0.2) is 42.5 Å². The van der Waals surface area contributed by atoms with Crippen LogP contribution in [0.1, 0.15) is 15.9 Å². The van der Waals surface area contributed by atoms with E-state index in [2.05, 4.69) is 0 Å². The predicted molar refractivity (Wildman–Crippen MR) is 96.2 cm³/mol. The van der Waals surface area contributed by atoms with Crippen LogP contribution in [0.3, 0.4) is 0 Å². The molecule has 0 saturated carbocycles. The number of nitro benzene ring substituents is 1. The first kappa shape index (κ1) is 18.3. The Kier molecular flexibility index (Phi) is 5.59. The third kappa shape index (κ3) is 4.26. The van der Waals surface area contributed by atoms with E-state index in [4.69, 9.17) is 4.74 Å². The van der Waals surface area contributed by atoms with E-state index >= 15 is 0 Å². The Morgan fingerprint density at radius 2 is 1.76 bits per heavy atom. The fraction of sp³-hybridized carbons (Fsp3) is 0.278. The van der Waals surface area contributed by atoms with Crippen molar-refractivity contribution < 1.29 is 14.5 Å². The molecule has 7 heteroatoms. The summed E-state index contributed by atoms with van der Waals surface area (Å²) in [5.41, 5.74) is 2.07. The second-order valence-electron chi connectivity index (χ2n) is 5.87. The van der Waals surface area contributed by atoms with Gasteiger partial charge in [0.2, 0.25) is 0 Å². The van der Waals surface area contributed by atoms with Crippen molar-refractivity contribution >= 4 is 17.3 Å². The number of benzene rings is 2. The topological polar surface area (TPSA) is 75.9 Å². The number of nitrogens with zero attached hydrogens (tertiary/aromatic N) is 3. The summed E-state index contributed by atoms with van der Waals surface area (Å²) < 4.78 is 4.96. The van der Waals surface area contributed by atoms with Gasteiger partial charge in [0.05, 0.1) is 12.0 Å². The van der Waals surface area contributed by atoms with E-state index < -0.39 is 4.92 Å². The van der Waals surface area contributed by atoms with Gasteiger partial charge in [0, 0.05) is 45.0 Å². The molecule has 7 nitrogen and oxygen atoms in total. The number of hydrogen-bond donors (Lipinski definition) is 0. The lowest BCUT2D eigenvalue weighted by atomic mass is 10.1. The Labute approximate surface area is 146 Å². The largest absolute Gasteiger partial charge is 0.490 e. The number of anilines is 1. The molecule has 0 aromatic heterocycles. The number of ether oxygens (including phenoxy) is 1. The molecule has 0 N–H and O–H groups in total. The predicted octanol–water partition coefficient (Wildman–Crippen LogP) is 2.94. The maximum atomic E-state index is 12.6. The van der Waals surface area contributed by atoms with Gasteiger partial charge in [-0.2, -0.15) is 0 Å². The van der Waals surface area contributed by atoms with Gasteiger partial charge in [-0.1, -0.05) is 12.1 Å². The Morgan fingerprint density at radius 3 is 2.28 bits per heavy atom. The van der Waals surface area contributed by atoms with Crippen LogP contribution >= 0.6 is 0 Å². The second kappa shape index (κ2) is 7.65. The van der Waals surface area contributed by atoms with E-state index in [0.717, 1.165) is 11.3 Å². The molecule has 132 valence electrons. The zero-order valence-electron chi connectivity index (χ0n) is 14.7. The summed E-state index contributed by atoms with van der Waals surface area (Å²) in [6.45, 7) is 0.409. The number of amides is 1. The Hall–Kier alpha value is -3.09. The van der Waals surface area contributed by atoms with Crippen LogP contribution in [0, 0.1) is 10.1 Å². The summed E-state index contributed by atoms with van der Waals surface area (Å²) >= 11 is 0. The van der Waals surface area contributed by atoms with E-state index in [9.17, 15) is 14.9 Å². The van der Waals surface area contributed by atoms with Gasteiger partial charge in [-0.05, 0) is 29.8 Å². The molecule has 0 radical (unpaired) electrons. The number of hydrogen-bond acceptors (Lipinski definition) is 5. The smallest absolute Gasteiger partial charge is 0.311 e. The molecule has 0 aliphatic heterocycles. The second-order valence-corrected chi connectivity index (χ2v) is 5.87. The van der Waals surface area contributed by atoms with Gasteiger partial charge in [-0.15, -0.1) is 0 Å². The third-order valence-electron chi connectivity index (χ3n) is 3.84. The summed E-state index contributed by atoms with van der Waals surface area (Å²) in [6.07, 6.45) is 0. The van der Waals surface area contributed by atoms with Crippen LogP contribution in [-0.2, 0) is 6.54 Å². The molecule has 2 aromatic rings. The normalized spacial score (nSPS) is 10.2. The zero-order valence-corrected chi connectivity index (χ0v) is 14.7. The lowest BCUT2D eigenvalue weighted by molar-refractivity contribution is -0.385. The van der Waals surface area contributed by atoms with Crippen molar-refractivity contribution in [2.75, 3.05) is 33.2 Å². The molecule has 2 aromatic carbocycles. The van der Waals surface area contributed by atoms with E-state index in [1.54, 1.807) is 7.05 Å². The van der Waals surface area contributed by atoms with Crippen molar-refractivity contribution in [2.24, 2.45) is 0 Å². The lowest BCUT2D eigenvalue weighted by Crippen LogP contribution is -2.26. The molecule has 0 spiro atoms. The first-order valence-corrected chi connectivity index (χ1v) is 7.67. The number of carbonyl (C=O) groups excluding carboxylic acids is 1. The highest BCUT2D eigenvalue weighted by Crippen LogP contribution is 2.28. The van der Waals surface area contributed by atoms with E-state index in [1.165, 1.54) is 30.2 Å². The Bertz CT molecular complexity index is 772. The molecule has 2 rings (SSSR count). The van der Waals surface area contributed by atoms with Crippen LogP contribution in [0.25, 0.3) is 0 Å². The molecular formula is C18H21N3O4.